The molecule has 7 heteroatoms. The molecule has 1 saturated heterocycles. The molecule has 31 heavy (non-hydrogen) atoms. The van der Waals surface area contributed by atoms with Gasteiger partial charge in [0.2, 0.25) is 0 Å². The summed E-state index contributed by atoms with van der Waals surface area (Å²) in [6.07, 6.45) is 14.0. The van der Waals surface area contributed by atoms with Crippen molar-refractivity contribution in [3.8, 4) is 0 Å². The average molecular weight is 414 g/mol. The molecule has 6 nitrogen and oxygen atoms in total. The molecule has 1 aliphatic carbocycles. The Morgan fingerprint density at radius 2 is 1.58 bits per heavy atom. The van der Waals surface area contributed by atoms with E-state index in [0.29, 0.717) is 11.5 Å². The van der Waals surface area contributed by atoms with Crippen LogP contribution in [0.25, 0.3) is 5.57 Å². The van der Waals surface area contributed by atoms with Crippen molar-refractivity contribution in [3.05, 3.63) is 90.8 Å². The van der Waals surface area contributed by atoms with Gasteiger partial charge in [0.25, 0.3) is 0 Å². The number of nitrogens with zero attached hydrogens (tertiary/aromatic N) is 6. The topological polar surface area (TPSA) is 58.0 Å². The molecule has 1 aromatic carbocycles. The van der Waals surface area contributed by atoms with Gasteiger partial charge in [0.05, 0.1) is 18.6 Å². The molecule has 0 radical (unpaired) electrons. The van der Waals surface area contributed by atoms with E-state index in [1.54, 1.807) is 30.9 Å². The maximum atomic E-state index is 15.7. The number of aromatic nitrogens is 4. The fourth-order valence-electron chi connectivity index (χ4n) is 3.98. The van der Waals surface area contributed by atoms with Crippen molar-refractivity contribution in [2.24, 2.45) is 0 Å². The highest BCUT2D eigenvalue weighted by Gasteiger charge is 2.33. The van der Waals surface area contributed by atoms with Crippen molar-refractivity contribution >= 4 is 17.2 Å². The minimum absolute atomic E-state index is 0.242. The van der Waals surface area contributed by atoms with Gasteiger partial charge in [0.1, 0.15) is 17.3 Å². The quantitative estimate of drug-likeness (QED) is 0.647. The predicted molar refractivity (Wildman–Crippen MR) is 119 cm³/mol. The normalized spacial score (nSPS) is 21.1. The zero-order valence-corrected chi connectivity index (χ0v) is 17.1. The number of hydrogen-bond acceptors (Lipinski definition) is 6. The van der Waals surface area contributed by atoms with Gasteiger partial charge < -0.3 is 9.80 Å². The number of hydrogen-bond donors (Lipinski definition) is 0. The fraction of sp³-hybridized carbons (Fsp3) is 0.250. The van der Waals surface area contributed by atoms with Crippen LogP contribution < -0.4 is 9.80 Å². The molecule has 5 rings (SSSR count). The van der Waals surface area contributed by atoms with Gasteiger partial charge in [-0.1, -0.05) is 42.5 Å². The predicted octanol–water partition coefficient (Wildman–Crippen LogP) is 3.80. The standard InChI is InChI=1S/C24H23FN6/c25-24(8-6-20(7-9-24)19-4-2-1-3-5-19)21-16-27-18-23(29-21)31-14-12-30(13-15-31)22-17-26-10-11-28-22/h1-8,10-11,16-18H,9,12-15H2. The van der Waals surface area contributed by atoms with Gasteiger partial charge >= 0.3 is 0 Å². The largest absolute Gasteiger partial charge is 0.352 e. The zero-order valence-electron chi connectivity index (χ0n) is 17.1. The van der Waals surface area contributed by atoms with Crippen LogP contribution in [-0.2, 0) is 5.67 Å². The Kier molecular flexibility index (Phi) is 5.16. The first-order chi connectivity index (χ1) is 15.2. The Morgan fingerprint density at radius 1 is 0.839 bits per heavy atom. The molecule has 0 bridgehead atoms. The Balaban J connectivity index is 1.29. The van der Waals surface area contributed by atoms with E-state index in [0.717, 1.165) is 43.1 Å². The van der Waals surface area contributed by atoms with E-state index in [-0.39, 0.29) is 6.42 Å². The van der Waals surface area contributed by atoms with Crippen LogP contribution in [0.4, 0.5) is 16.0 Å². The van der Waals surface area contributed by atoms with Crippen molar-refractivity contribution in [2.75, 3.05) is 36.0 Å². The first kappa shape index (κ1) is 19.4. The van der Waals surface area contributed by atoms with Crippen LogP contribution in [0.3, 0.4) is 0 Å². The molecule has 2 aliphatic rings. The molecule has 3 heterocycles. The number of alkyl halides is 1. The van der Waals surface area contributed by atoms with Crippen LogP contribution in [0.1, 0.15) is 17.7 Å². The Labute approximate surface area is 180 Å². The maximum absolute atomic E-state index is 15.7. The number of benzene rings is 1. The van der Waals surface area contributed by atoms with Crippen LogP contribution in [-0.4, -0.2) is 46.1 Å². The molecule has 156 valence electrons. The molecule has 0 N–H and O–H groups in total. The molecule has 0 amide bonds. The highest BCUT2D eigenvalue weighted by Crippen LogP contribution is 2.37. The van der Waals surface area contributed by atoms with Crippen molar-refractivity contribution in [2.45, 2.75) is 12.1 Å². The smallest absolute Gasteiger partial charge is 0.176 e. The first-order valence-electron chi connectivity index (χ1n) is 10.4. The first-order valence-corrected chi connectivity index (χ1v) is 10.4. The number of piperazine rings is 1. The van der Waals surface area contributed by atoms with E-state index >= 15 is 4.39 Å². The lowest BCUT2D eigenvalue weighted by Crippen LogP contribution is -2.47. The van der Waals surface area contributed by atoms with E-state index in [1.165, 1.54) is 6.20 Å². The Bertz CT molecular complexity index is 1090. The lowest BCUT2D eigenvalue weighted by Gasteiger charge is -2.36. The van der Waals surface area contributed by atoms with E-state index in [2.05, 4.69) is 29.7 Å². The summed E-state index contributed by atoms with van der Waals surface area (Å²) in [5.41, 5.74) is 0.809. The van der Waals surface area contributed by atoms with Crippen LogP contribution in [0.5, 0.6) is 0 Å². The third-order valence-electron chi connectivity index (χ3n) is 5.78. The highest BCUT2D eigenvalue weighted by atomic mass is 19.1. The van der Waals surface area contributed by atoms with Crippen molar-refractivity contribution in [3.63, 3.8) is 0 Å². The number of anilines is 2. The molecule has 0 saturated carbocycles. The molecule has 1 fully saturated rings. The van der Waals surface area contributed by atoms with E-state index < -0.39 is 5.67 Å². The van der Waals surface area contributed by atoms with Crippen molar-refractivity contribution in [1.82, 2.24) is 19.9 Å². The van der Waals surface area contributed by atoms with E-state index in [4.69, 9.17) is 0 Å². The second kappa shape index (κ2) is 8.26. The second-order valence-corrected chi connectivity index (χ2v) is 7.73. The van der Waals surface area contributed by atoms with Crippen molar-refractivity contribution in [1.29, 1.82) is 0 Å². The van der Waals surface area contributed by atoms with Crippen LogP contribution in [0, 0.1) is 0 Å². The average Bonchev–Trinajstić information content (AvgIpc) is 2.86. The van der Waals surface area contributed by atoms with Gasteiger partial charge in [0.15, 0.2) is 5.67 Å². The minimum atomic E-state index is -1.65. The Hall–Kier alpha value is -3.61. The lowest BCUT2D eigenvalue weighted by atomic mass is 9.89. The van der Waals surface area contributed by atoms with Gasteiger partial charge in [-0.15, -0.1) is 0 Å². The zero-order chi connectivity index (χ0) is 21.1. The molecule has 1 atom stereocenters. The second-order valence-electron chi connectivity index (χ2n) is 7.73. The third kappa shape index (κ3) is 4.03. The SMILES string of the molecule is FC1(c2cncc(N3CCN(c4cnccn4)CC3)n2)C=CC(c2ccccc2)=CC1. The van der Waals surface area contributed by atoms with Gasteiger partial charge in [-0.05, 0) is 17.2 Å². The van der Waals surface area contributed by atoms with E-state index in [9.17, 15) is 0 Å². The summed E-state index contributed by atoms with van der Waals surface area (Å²) in [7, 11) is 0. The third-order valence-corrected chi connectivity index (χ3v) is 5.78. The Morgan fingerprint density at radius 3 is 2.26 bits per heavy atom. The fourth-order valence-corrected chi connectivity index (χ4v) is 3.98. The number of allylic oxidation sites excluding steroid dienone is 4. The lowest BCUT2D eigenvalue weighted by molar-refractivity contribution is 0.228. The van der Waals surface area contributed by atoms with Crippen LogP contribution >= 0.6 is 0 Å². The molecular formula is C24H23FN6. The number of rotatable bonds is 4. The molecule has 3 aromatic rings. The van der Waals surface area contributed by atoms with Crippen LogP contribution in [0.2, 0.25) is 0 Å². The summed E-state index contributed by atoms with van der Waals surface area (Å²) < 4.78 is 15.7. The summed E-state index contributed by atoms with van der Waals surface area (Å²) in [5.74, 6) is 1.58. The van der Waals surface area contributed by atoms with Crippen molar-refractivity contribution < 1.29 is 4.39 Å². The minimum Gasteiger partial charge on any atom is -0.352 e. The van der Waals surface area contributed by atoms with Gasteiger partial charge in [-0.3, -0.25) is 9.97 Å². The molecule has 0 spiro atoms. The summed E-state index contributed by atoms with van der Waals surface area (Å²) in [5, 5.41) is 0. The highest BCUT2D eigenvalue weighted by molar-refractivity contribution is 5.75. The van der Waals surface area contributed by atoms with Crippen LogP contribution in [0.15, 0.2) is 79.5 Å². The van der Waals surface area contributed by atoms with Gasteiger partial charge in [-0.25, -0.2) is 14.4 Å². The maximum Gasteiger partial charge on any atom is 0.176 e. The van der Waals surface area contributed by atoms with Gasteiger partial charge in [-0.2, -0.15) is 0 Å². The summed E-state index contributed by atoms with van der Waals surface area (Å²) in [6.45, 7) is 3.13. The summed E-state index contributed by atoms with van der Waals surface area (Å²) >= 11 is 0. The number of halogens is 1. The van der Waals surface area contributed by atoms with Gasteiger partial charge in [0, 0.05) is 45.0 Å². The molecule has 1 unspecified atom stereocenters. The molecule has 2 aromatic heterocycles. The molecular weight excluding hydrogens is 391 g/mol. The summed E-state index contributed by atoms with van der Waals surface area (Å²) in [4.78, 5) is 21.8. The monoisotopic (exact) mass is 414 g/mol. The summed E-state index contributed by atoms with van der Waals surface area (Å²) in [6, 6.07) is 10.0. The van der Waals surface area contributed by atoms with E-state index in [1.807, 2.05) is 42.5 Å². The molecule has 1 aliphatic heterocycles.